The molecule has 0 bridgehead atoms. The average molecular weight is 334 g/mol. The minimum absolute atomic E-state index is 0.641. The molecule has 3 aromatic heterocycles. The normalized spacial score (nSPS) is 14.0. The predicted molar refractivity (Wildman–Crippen MR) is 93.7 cm³/mol. The molecule has 0 radical (unpaired) electrons. The van der Waals surface area contributed by atoms with Crippen molar-refractivity contribution >= 4 is 32.6 Å². The van der Waals surface area contributed by atoms with Crippen molar-refractivity contribution in [2.45, 2.75) is 25.7 Å². The Bertz CT molecular complexity index is 1060. The van der Waals surface area contributed by atoms with Crippen molar-refractivity contribution in [3.63, 3.8) is 0 Å². The van der Waals surface area contributed by atoms with Gasteiger partial charge in [0.05, 0.1) is 16.4 Å². The Morgan fingerprint density at radius 2 is 1.79 bits per heavy atom. The van der Waals surface area contributed by atoms with Crippen molar-refractivity contribution in [2.24, 2.45) is 0 Å². The van der Waals surface area contributed by atoms with Crippen LogP contribution in [0, 0.1) is 0 Å². The van der Waals surface area contributed by atoms with Gasteiger partial charge in [-0.2, -0.15) is 0 Å². The van der Waals surface area contributed by atoms with Crippen LogP contribution in [0.3, 0.4) is 0 Å². The molecule has 3 heterocycles. The van der Waals surface area contributed by atoms with E-state index >= 15 is 0 Å². The van der Waals surface area contributed by atoms with Gasteiger partial charge in [0.25, 0.3) is 0 Å². The second kappa shape index (κ2) is 5.49. The third kappa shape index (κ3) is 2.22. The summed E-state index contributed by atoms with van der Waals surface area (Å²) in [5, 5.41) is 1.08. The summed E-state index contributed by atoms with van der Waals surface area (Å²) in [7, 11) is 0. The Morgan fingerprint density at radius 3 is 2.75 bits per heavy atom. The van der Waals surface area contributed by atoms with E-state index in [1.165, 1.54) is 23.3 Å². The first-order valence-electron chi connectivity index (χ1n) is 8.02. The average Bonchev–Trinajstić information content (AvgIpc) is 3.01. The maximum atomic E-state index is 6.11. The van der Waals surface area contributed by atoms with E-state index < -0.39 is 0 Å². The molecular formula is C18H14N4OS. The Kier molecular flexibility index (Phi) is 3.16. The molecule has 0 atom stereocenters. The second-order valence-corrected chi connectivity index (χ2v) is 6.96. The number of aromatic nitrogens is 4. The van der Waals surface area contributed by atoms with Crippen LogP contribution in [0.25, 0.3) is 21.3 Å². The maximum absolute atomic E-state index is 6.11. The highest BCUT2D eigenvalue weighted by Gasteiger charge is 2.20. The van der Waals surface area contributed by atoms with E-state index in [0.717, 1.165) is 39.8 Å². The van der Waals surface area contributed by atoms with Crippen LogP contribution in [-0.4, -0.2) is 19.9 Å². The molecule has 0 saturated heterocycles. The quantitative estimate of drug-likeness (QED) is 0.547. The van der Waals surface area contributed by atoms with Crippen LogP contribution in [-0.2, 0) is 12.8 Å². The SMILES string of the molecule is c1cnc2cc(Oc3ncnc4sc5c(c34)CCCC5)ccc2n1. The van der Waals surface area contributed by atoms with E-state index in [2.05, 4.69) is 19.9 Å². The van der Waals surface area contributed by atoms with E-state index in [4.69, 9.17) is 4.74 Å². The van der Waals surface area contributed by atoms with Crippen molar-refractivity contribution in [1.29, 1.82) is 0 Å². The Morgan fingerprint density at radius 1 is 0.917 bits per heavy atom. The van der Waals surface area contributed by atoms with Crippen molar-refractivity contribution in [1.82, 2.24) is 19.9 Å². The zero-order valence-electron chi connectivity index (χ0n) is 12.9. The fourth-order valence-corrected chi connectivity index (χ4v) is 4.48. The fraction of sp³-hybridized carbons (Fsp3) is 0.222. The third-order valence-electron chi connectivity index (χ3n) is 4.37. The van der Waals surface area contributed by atoms with Crippen molar-refractivity contribution in [3.05, 3.63) is 47.4 Å². The Hall–Kier alpha value is -2.60. The molecule has 4 aromatic rings. The van der Waals surface area contributed by atoms with Crippen molar-refractivity contribution < 1.29 is 4.74 Å². The van der Waals surface area contributed by atoms with Gasteiger partial charge in [0.15, 0.2) is 0 Å². The van der Waals surface area contributed by atoms with Gasteiger partial charge >= 0.3 is 0 Å². The molecule has 5 nitrogen and oxygen atoms in total. The van der Waals surface area contributed by atoms with E-state index in [1.54, 1.807) is 30.1 Å². The lowest BCUT2D eigenvalue weighted by Crippen LogP contribution is -1.99. The fourth-order valence-electron chi connectivity index (χ4n) is 3.26. The molecule has 1 aliphatic carbocycles. The number of thiophene rings is 1. The van der Waals surface area contributed by atoms with Gasteiger partial charge in [-0.1, -0.05) is 0 Å². The van der Waals surface area contributed by atoms with Crippen LogP contribution in [0.2, 0.25) is 0 Å². The molecule has 0 spiro atoms. The summed E-state index contributed by atoms with van der Waals surface area (Å²) < 4.78 is 6.11. The molecule has 0 unspecified atom stereocenters. The minimum Gasteiger partial charge on any atom is -0.438 e. The zero-order chi connectivity index (χ0) is 15.9. The first-order chi connectivity index (χ1) is 11.9. The van der Waals surface area contributed by atoms with Gasteiger partial charge in [-0.25, -0.2) is 9.97 Å². The molecule has 5 rings (SSSR count). The second-order valence-electron chi connectivity index (χ2n) is 5.88. The first kappa shape index (κ1) is 13.8. The summed E-state index contributed by atoms with van der Waals surface area (Å²) >= 11 is 1.77. The lowest BCUT2D eigenvalue weighted by atomic mass is 9.97. The minimum atomic E-state index is 0.641. The Balaban J connectivity index is 1.62. The van der Waals surface area contributed by atoms with Crippen molar-refractivity contribution in [2.75, 3.05) is 0 Å². The number of rotatable bonds is 2. The molecule has 0 saturated carbocycles. The van der Waals surface area contributed by atoms with E-state index in [1.807, 2.05) is 18.2 Å². The summed E-state index contributed by atoms with van der Waals surface area (Å²) in [6.45, 7) is 0. The highest BCUT2D eigenvalue weighted by atomic mass is 32.1. The van der Waals surface area contributed by atoms with Gasteiger partial charge in [0.2, 0.25) is 5.88 Å². The highest BCUT2D eigenvalue weighted by Crippen LogP contribution is 2.40. The molecule has 118 valence electrons. The number of hydrogen-bond acceptors (Lipinski definition) is 6. The summed E-state index contributed by atoms with van der Waals surface area (Å²) in [6.07, 6.45) is 9.66. The van der Waals surface area contributed by atoms with Gasteiger partial charge in [-0.15, -0.1) is 11.3 Å². The van der Waals surface area contributed by atoms with E-state index in [-0.39, 0.29) is 0 Å². The number of hydrogen-bond donors (Lipinski definition) is 0. The molecule has 1 aromatic carbocycles. The third-order valence-corrected chi connectivity index (χ3v) is 5.57. The summed E-state index contributed by atoms with van der Waals surface area (Å²) in [4.78, 5) is 19.9. The van der Waals surface area contributed by atoms with Crippen LogP contribution in [0.15, 0.2) is 36.9 Å². The molecule has 0 aliphatic heterocycles. The number of nitrogens with zero attached hydrogens (tertiary/aromatic N) is 4. The first-order valence-corrected chi connectivity index (χ1v) is 8.84. The molecule has 6 heteroatoms. The highest BCUT2D eigenvalue weighted by molar-refractivity contribution is 7.18. The van der Waals surface area contributed by atoms with Gasteiger partial charge < -0.3 is 4.74 Å². The molecule has 0 N–H and O–H groups in total. The summed E-state index contributed by atoms with van der Waals surface area (Å²) in [6, 6.07) is 5.72. The van der Waals surface area contributed by atoms with Crippen molar-refractivity contribution in [3.8, 4) is 11.6 Å². The lowest BCUT2D eigenvalue weighted by molar-refractivity contribution is 0.468. The number of ether oxygens (including phenoxy) is 1. The smallest absolute Gasteiger partial charge is 0.231 e. The monoisotopic (exact) mass is 334 g/mol. The van der Waals surface area contributed by atoms with Crippen LogP contribution >= 0.6 is 11.3 Å². The maximum Gasteiger partial charge on any atom is 0.231 e. The summed E-state index contributed by atoms with van der Waals surface area (Å²) in [5.74, 6) is 1.36. The molecule has 24 heavy (non-hydrogen) atoms. The number of benzene rings is 1. The van der Waals surface area contributed by atoms with Crippen LogP contribution in [0.5, 0.6) is 11.6 Å². The number of fused-ring (bicyclic) bond motifs is 4. The lowest BCUT2D eigenvalue weighted by Gasteiger charge is -2.12. The van der Waals surface area contributed by atoms with Crippen LogP contribution < -0.4 is 4.74 Å². The van der Waals surface area contributed by atoms with Gasteiger partial charge in [-0.3, -0.25) is 9.97 Å². The number of aryl methyl sites for hydroxylation is 2. The molecule has 0 fully saturated rings. The predicted octanol–water partition coefficient (Wildman–Crippen LogP) is 4.31. The zero-order valence-corrected chi connectivity index (χ0v) is 13.7. The molecule has 0 amide bonds. The van der Waals surface area contributed by atoms with Gasteiger partial charge in [0.1, 0.15) is 16.9 Å². The molecule has 1 aliphatic rings. The van der Waals surface area contributed by atoms with Crippen LogP contribution in [0.4, 0.5) is 0 Å². The van der Waals surface area contributed by atoms with Gasteiger partial charge in [-0.05, 0) is 43.4 Å². The largest absolute Gasteiger partial charge is 0.438 e. The molecular weight excluding hydrogens is 320 g/mol. The van der Waals surface area contributed by atoms with E-state index in [0.29, 0.717) is 5.88 Å². The van der Waals surface area contributed by atoms with Crippen LogP contribution in [0.1, 0.15) is 23.3 Å². The Labute approximate surface area is 142 Å². The standard InChI is InChI=1S/C18H14N4OS/c1-2-4-15-12(3-1)16-17(21-10-22-18(16)24-15)23-11-5-6-13-14(9-11)20-8-7-19-13/h5-10H,1-4H2. The summed E-state index contributed by atoms with van der Waals surface area (Å²) in [5.41, 5.74) is 3.04. The van der Waals surface area contributed by atoms with E-state index in [9.17, 15) is 0 Å². The van der Waals surface area contributed by atoms with Gasteiger partial charge in [0, 0.05) is 23.3 Å². The topological polar surface area (TPSA) is 60.8 Å².